The molecule has 0 amide bonds. The van der Waals surface area contributed by atoms with Gasteiger partial charge in [0.25, 0.3) is 0 Å². The Morgan fingerprint density at radius 1 is 1.22 bits per heavy atom. The number of guanidine groups is 1. The molecule has 2 aromatic rings. The topological polar surface area (TPSA) is 84.6 Å². The maximum absolute atomic E-state index is 5.78. The number of nitrogens with one attached hydrogen (secondary N) is 2. The minimum absolute atomic E-state index is 0. The Morgan fingerprint density at radius 2 is 1.96 bits per heavy atom. The Morgan fingerprint density at radius 3 is 2.59 bits per heavy atom. The summed E-state index contributed by atoms with van der Waals surface area (Å²) in [5.74, 6) is 2.81. The fourth-order valence-corrected chi connectivity index (χ4v) is 2.18. The largest absolute Gasteiger partial charge is 0.477 e. The Balaban J connectivity index is 0.00000364. The fraction of sp³-hybridized carbons (Fsp3) is 0.526. The summed E-state index contributed by atoms with van der Waals surface area (Å²) in [5.41, 5.74) is 0.926. The molecule has 2 aromatic heterocycles. The van der Waals surface area contributed by atoms with Crippen LogP contribution in [0.5, 0.6) is 5.88 Å². The molecule has 0 unspecified atom stereocenters. The number of aliphatic imine (C=N–C) groups is 1. The predicted molar refractivity (Wildman–Crippen MR) is 118 cm³/mol. The minimum Gasteiger partial charge on any atom is -0.477 e. The van der Waals surface area contributed by atoms with E-state index >= 15 is 0 Å². The lowest BCUT2D eigenvalue weighted by molar-refractivity contribution is 0.301. The van der Waals surface area contributed by atoms with Gasteiger partial charge in [0, 0.05) is 30.8 Å². The van der Waals surface area contributed by atoms with Crippen LogP contribution in [0.25, 0.3) is 0 Å². The number of halogens is 1. The SMILES string of the molecule is CCCOc1ncccc1CNC(=NC)NCc1ncc(C(C)(C)C)o1.I. The highest BCUT2D eigenvalue weighted by molar-refractivity contribution is 14.0. The molecule has 2 rings (SSSR count). The van der Waals surface area contributed by atoms with Crippen LogP contribution in [-0.4, -0.2) is 29.6 Å². The van der Waals surface area contributed by atoms with E-state index in [1.165, 1.54) is 0 Å². The van der Waals surface area contributed by atoms with Crippen molar-refractivity contribution in [3.05, 3.63) is 41.7 Å². The summed E-state index contributed by atoms with van der Waals surface area (Å²) in [6, 6.07) is 3.88. The van der Waals surface area contributed by atoms with E-state index in [0.29, 0.717) is 37.4 Å². The van der Waals surface area contributed by atoms with Crippen molar-refractivity contribution in [1.29, 1.82) is 0 Å². The molecule has 0 aliphatic carbocycles. The van der Waals surface area contributed by atoms with Crippen molar-refractivity contribution >= 4 is 29.9 Å². The molecule has 7 nitrogen and oxygen atoms in total. The van der Waals surface area contributed by atoms with E-state index in [0.717, 1.165) is 17.7 Å². The van der Waals surface area contributed by atoms with E-state index < -0.39 is 0 Å². The number of aromatic nitrogens is 2. The number of hydrogen-bond donors (Lipinski definition) is 2. The quantitative estimate of drug-likeness (QED) is 0.353. The van der Waals surface area contributed by atoms with Gasteiger partial charge in [0.05, 0.1) is 19.3 Å². The maximum atomic E-state index is 5.78. The number of rotatable bonds is 7. The molecule has 0 saturated carbocycles. The smallest absolute Gasteiger partial charge is 0.218 e. The Hall–Kier alpha value is -1.84. The number of nitrogens with zero attached hydrogens (tertiary/aromatic N) is 3. The van der Waals surface area contributed by atoms with Gasteiger partial charge in [-0.15, -0.1) is 24.0 Å². The Labute approximate surface area is 178 Å². The molecule has 0 aromatic carbocycles. The molecule has 0 spiro atoms. The second kappa shape index (κ2) is 11.1. The zero-order valence-corrected chi connectivity index (χ0v) is 19.0. The monoisotopic (exact) mass is 487 g/mol. The van der Waals surface area contributed by atoms with E-state index in [1.54, 1.807) is 19.4 Å². The summed E-state index contributed by atoms with van der Waals surface area (Å²) in [6.45, 7) is 10.0. The van der Waals surface area contributed by atoms with Gasteiger partial charge < -0.3 is 19.8 Å². The average molecular weight is 487 g/mol. The van der Waals surface area contributed by atoms with E-state index in [2.05, 4.69) is 53.3 Å². The molecule has 0 aliphatic rings. The van der Waals surface area contributed by atoms with Crippen molar-refractivity contribution in [3.63, 3.8) is 0 Å². The Bertz CT molecular complexity index is 725. The summed E-state index contributed by atoms with van der Waals surface area (Å²) < 4.78 is 11.5. The third-order valence-electron chi connectivity index (χ3n) is 3.66. The molecular weight excluding hydrogens is 457 g/mol. The second-order valence-electron chi connectivity index (χ2n) is 6.96. The van der Waals surface area contributed by atoms with Crippen LogP contribution >= 0.6 is 24.0 Å². The molecule has 0 aliphatic heterocycles. The average Bonchev–Trinajstić information content (AvgIpc) is 3.10. The van der Waals surface area contributed by atoms with Crippen molar-refractivity contribution in [2.24, 2.45) is 4.99 Å². The van der Waals surface area contributed by atoms with Crippen LogP contribution in [0.15, 0.2) is 33.9 Å². The van der Waals surface area contributed by atoms with Crippen LogP contribution < -0.4 is 15.4 Å². The first kappa shape index (κ1) is 23.2. The van der Waals surface area contributed by atoms with Crippen molar-refractivity contribution < 1.29 is 9.15 Å². The van der Waals surface area contributed by atoms with Crippen molar-refractivity contribution in [1.82, 2.24) is 20.6 Å². The molecule has 2 N–H and O–H groups in total. The van der Waals surface area contributed by atoms with Gasteiger partial charge in [-0.05, 0) is 12.5 Å². The second-order valence-corrected chi connectivity index (χ2v) is 6.96. The van der Waals surface area contributed by atoms with E-state index in [-0.39, 0.29) is 29.4 Å². The summed E-state index contributed by atoms with van der Waals surface area (Å²) >= 11 is 0. The van der Waals surface area contributed by atoms with Gasteiger partial charge in [-0.3, -0.25) is 4.99 Å². The van der Waals surface area contributed by atoms with Gasteiger partial charge in [0.15, 0.2) is 5.96 Å². The molecule has 0 atom stereocenters. The van der Waals surface area contributed by atoms with Gasteiger partial charge in [0.2, 0.25) is 11.8 Å². The van der Waals surface area contributed by atoms with Gasteiger partial charge in [-0.1, -0.05) is 33.8 Å². The molecule has 0 fully saturated rings. The summed E-state index contributed by atoms with van der Waals surface area (Å²) in [4.78, 5) is 12.8. The van der Waals surface area contributed by atoms with E-state index in [4.69, 9.17) is 9.15 Å². The molecule has 2 heterocycles. The summed E-state index contributed by atoms with van der Waals surface area (Å²) in [6.07, 6.45) is 4.45. The first-order chi connectivity index (χ1) is 12.4. The first-order valence-corrected chi connectivity index (χ1v) is 8.90. The number of oxazole rings is 1. The zero-order chi connectivity index (χ0) is 19.0. The fourth-order valence-electron chi connectivity index (χ4n) is 2.18. The Kier molecular flexibility index (Phi) is 9.54. The lowest BCUT2D eigenvalue weighted by atomic mass is 9.94. The third kappa shape index (κ3) is 7.36. The number of pyridine rings is 1. The van der Waals surface area contributed by atoms with E-state index in [9.17, 15) is 0 Å². The summed E-state index contributed by atoms with van der Waals surface area (Å²) in [5, 5.41) is 6.46. The molecule has 8 heteroatoms. The van der Waals surface area contributed by atoms with Crippen LogP contribution in [0.2, 0.25) is 0 Å². The number of hydrogen-bond acceptors (Lipinski definition) is 5. The van der Waals surface area contributed by atoms with Crippen molar-refractivity contribution in [2.45, 2.75) is 52.6 Å². The van der Waals surface area contributed by atoms with Crippen LogP contribution in [0.4, 0.5) is 0 Å². The van der Waals surface area contributed by atoms with Crippen molar-refractivity contribution in [3.8, 4) is 5.88 Å². The van der Waals surface area contributed by atoms with Gasteiger partial charge in [-0.25, -0.2) is 9.97 Å². The normalized spacial score (nSPS) is 11.7. The maximum Gasteiger partial charge on any atom is 0.218 e. The van der Waals surface area contributed by atoms with Crippen LogP contribution in [0.3, 0.4) is 0 Å². The minimum atomic E-state index is -0.0552. The van der Waals surface area contributed by atoms with Gasteiger partial charge >= 0.3 is 0 Å². The molecule has 0 saturated heterocycles. The van der Waals surface area contributed by atoms with Crippen LogP contribution in [0, 0.1) is 0 Å². The molecule has 0 radical (unpaired) electrons. The van der Waals surface area contributed by atoms with Crippen molar-refractivity contribution in [2.75, 3.05) is 13.7 Å². The molecule has 27 heavy (non-hydrogen) atoms. The standard InChI is InChI=1S/C19H29N5O2.HI/c1-6-10-25-17-14(8-7-9-21-17)11-23-18(20-5)24-13-16-22-12-15(26-16)19(2,3)4;/h7-9,12H,6,10-11,13H2,1-5H3,(H2,20,23,24);1H. The third-order valence-corrected chi connectivity index (χ3v) is 3.66. The van der Waals surface area contributed by atoms with Crippen LogP contribution in [-0.2, 0) is 18.5 Å². The summed E-state index contributed by atoms with van der Waals surface area (Å²) in [7, 11) is 1.73. The van der Waals surface area contributed by atoms with Crippen LogP contribution in [0.1, 0.15) is 51.3 Å². The molecule has 150 valence electrons. The highest BCUT2D eigenvalue weighted by atomic mass is 127. The highest BCUT2D eigenvalue weighted by Gasteiger charge is 2.19. The van der Waals surface area contributed by atoms with E-state index in [1.807, 2.05) is 12.1 Å². The van der Waals surface area contributed by atoms with Gasteiger partial charge in [0.1, 0.15) is 5.76 Å². The van der Waals surface area contributed by atoms with Gasteiger partial charge in [-0.2, -0.15) is 0 Å². The lowest BCUT2D eigenvalue weighted by Gasteiger charge is -2.14. The first-order valence-electron chi connectivity index (χ1n) is 8.90. The zero-order valence-electron chi connectivity index (χ0n) is 16.7. The molecular formula is C19H30IN5O2. The lowest BCUT2D eigenvalue weighted by Crippen LogP contribution is -2.36. The number of ether oxygens (including phenoxy) is 1. The molecule has 0 bridgehead atoms. The highest BCUT2D eigenvalue weighted by Crippen LogP contribution is 2.22. The predicted octanol–water partition coefficient (Wildman–Crippen LogP) is 3.64.